The van der Waals surface area contributed by atoms with Crippen LogP contribution in [0.3, 0.4) is 0 Å². The number of phenols is 1. The van der Waals surface area contributed by atoms with Crippen LogP contribution in [0, 0.1) is 6.92 Å². The maximum Gasteiger partial charge on any atom is 0.131 e. The van der Waals surface area contributed by atoms with Crippen LogP contribution in [0.5, 0.6) is 5.75 Å². The molecule has 0 aliphatic rings. The molecule has 2 aromatic rings. The van der Waals surface area contributed by atoms with Crippen molar-refractivity contribution in [1.82, 2.24) is 0 Å². The summed E-state index contributed by atoms with van der Waals surface area (Å²) in [4.78, 5) is 11.2. The SMILES string of the molecule is Cc1ccc(C(C=O)c2ccc(O)cc2)cc1. The van der Waals surface area contributed by atoms with E-state index in [1.165, 1.54) is 5.56 Å². The summed E-state index contributed by atoms with van der Waals surface area (Å²) in [5, 5.41) is 9.23. The number of aryl methyl sites for hydroxylation is 1. The normalized spacial score (nSPS) is 12.1. The highest BCUT2D eigenvalue weighted by Crippen LogP contribution is 2.24. The second kappa shape index (κ2) is 4.83. The zero-order valence-electron chi connectivity index (χ0n) is 9.63. The van der Waals surface area contributed by atoms with E-state index in [4.69, 9.17) is 0 Å². The van der Waals surface area contributed by atoms with Crippen molar-refractivity contribution >= 4 is 6.29 Å². The fraction of sp³-hybridized carbons (Fsp3) is 0.133. The van der Waals surface area contributed by atoms with Crippen LogP contribution < -0.4 is 0 Å². The molecule has 0 fully saturated rings. The molecule has 0 heterocycles. The van der Waals surface area contributed by atoms with Gasteiger partial charge in [0.05, 0.1) is 5.92 Å². The van der Waals surface area contributed by atoms with E-state index in [9.17, 15) is 9.90 Å². The van der Waals surface area contributed by atoms with Crippen LogP contribution in [0.1, 0.15) is 22.6 Å². The Morgan fingerprint density at radius 3 is 1.88 bits per heavy atom. The minimum atomic E-state index is -0.267. The standard InChI is InChI=1S/C15H14O2/c1-11-2-4-12(5-3-11)15(10-16)13-6-8-14(17)9-7-13/h2-10,15,17H,1H3. The third kappa shape index (κ3) is 2.53. The Bertz CT molecular complexity index is 452. The molecule has 1 unspecified atom stereocenters. The highest BCUT2D eigenvalue weighted by Gasteiger charge is 2.12. The van der Waals surface area contributed by atoms with Crippen molar-refractivity contribution in [1.29, 1.82) is 0 Å². The fourth-order valence-electron chi connectivity index (χ4n) is 1.81. The largest absolute Gasteiger partial charge is 0.508 e. The van der Waals surface area contributed by atoms with Gasteiger partial charge in [0.15, 0.2) is 0 Å². The summed E-state index contributed by atoms with van der Waals surface area (Å²) in [5.41, 5.74) is 3.03. The first-order valence-electron chi connectivity index (χ1n) is 5.51. The Kier molecular flexibility index (Phi) is 3.24. The summed E-state index contributed by atoms with van der Waals surface area (Å²) < 4.78 is 0. The van der Waals surface area contributed by atoms with Crippen LogP contribution in [-0.4, -0.2) is 11.4 Å². The summed E-state index contributed by atoms with van der Waals surface area (Å²) in [7, 11) is 0. The van der Waals surface area contributed by atoms with Crippen molar-refractivity contribution < 1.29 is 9.90 Å². The van der Waals surface area contributed by atoms with Crippen LogP contribution in [0.25, 0.3) is 0 Å². The number of aromatic hydroxyl groups is 1. The molecule has 0 bridgehead atoms. The molecule has 0 amide bonds. The van der Waals surface area contributed by atoms with Gasteiger partial charge in [0.25, 0.3) is 0 Å². The molecule has 0 aliphatic carbocycles. The van der Waals surface area contributed by atoms with Crippen LogP contribution >= 0.6 is 0 Å². The molecule has 0 saturated heterocycles. The third-order valence-electron chi connectivity index (χ3n) is 2.82. The molecule has 0 spiro atoms. The highest BCUT2D eigenvalue weighted by atomic mass is 16.3. The van der Waals surface area contributed by atoms with Gasteiger partial charge in [-0.2, -0.15) is 0 Å². The van der Waals surface area contributed by atoms with Crippen molar-refractivity contribution in [3.05, 3.63) is 65.2 Å². The highest BCUT2D eigenvalue weighted by molar-refractivity contribution is 5.68. The fourth-order valence-corrected chi connectivity index (χ4v) is 1.81. The van der Waals surface area contributed by atoms with Gasteiger partial charge in [0.2, 0.25) is 0 Å². The molecule has 2 nitrogen and oxygen atoms in total. The second-order valence-electron chi connectivity index (χ2n) is 4.12. The molecule has 2 heteroatoms. The molecule has 1 N–H and O–H groups in total. The molecular formula is C15H14O2. The lowest BCUT2D eigenvalue weighted by Crippen LogP contribution is -2.02. The zero-order chi connectivity index (χ0) is 12.3. The smallest absolute Gasteiger partial charge is 0.131 e. The first-order chi connectivity index (χ1) is 8.20. The van der Waals surface area contributed by atoms with Gasteiger partial charge >= 0.3 is 0 Å². The number of hydrogen-bond donors (Lipinski definition) is 1. The quantitative estimate of drug-likeness (QED) is 0.817. The van der Waals surface area contributed by atoms with Crippen LogP contribution in [0.2, 0.25) is 0 Å². The maximum atomic E-state index is 11.2. The van der Waals surface area contributed by atoms with Crippen molar-refractivity contribution in [3.63, 3.8) is 0 Å². The minimum absolute atomic E-state index is 0.210. The Balaban J connectivity index is 2.36. The molecule has 2 aromatic carbocycles. The molecule has 1 atom stereocenters. The van der Waals surface area contributed by atoms with Gasteiger partial charge in [0.1, 0.15) is 12.0 Å². The molecule has 86 valence electrons. The molecule has 17 heavy (non-hydrogen) atoms. The number of carbonyl (C=O) groups is 1. The van der Waals surface area contributed by atoms with E-state index in [0.717, 1.165) is 17.4 Å². The van der Waals surface area contributed by atoms with Crippen molar-refractivity contribution in [2.45, 2.75) is 12.8 Å². The van der Waals surface area contributed by atoms with Gasteiger partial charge in [-0.25, -0.2) is 0 Å². The summed E-state index contributed by atoms with van der Waals surface area (Å²) in [6, 6.07) is 14.6. The Morgan fingerprint density at radius 1 is 0.941 bits per heavy atom. The van der Waals surface area contributed by atoms with Crippen LogP contribution in [0.4, 0.5) is 0 Å². The van der Waals surface area contributed by atoms with E-state index in [1.54, 1.807) is 24.3 Å². The summed E-state index contributed by atoms with van der Waals surface area (Å²) in [5.74, 6) is -0.0569. The van der Waals surface area contributed by atoms with E-state index in [-0.39, 0.29) is 11.7 Å². The number of hydrogen-bond acceptors (Lipinski definition) is 2. The third-order valence-corrected chi connectivity index (χ3v) is 2.82. The predicted octanol–water partition coefficient (Wildman–Crippen LogP) is 3.03. The van der Waals surface area contributed by atoms with E-state index in [2.05, 4.69) is 0 Å². The van der Waals surface area contributed by atoms with E-state index >= 15 is 0 Å². The summed E-state index contributed by atoms with van der Waals surface area (Å²) in [6.07, 6.45) is 0.928. The number of aldehydes is 1. The Morgan fingerprint density at radius 2 is 1.41 bits per heavy atom. The van der Waals surface area contributed by atoms with E-state index in [0.29, 0.717) is 0 Å². The number of phenolic OH excluding ortho intramolecular Hbond substituents is 1. The molecule has 0 saturated carbocycles. The maximum absolute atomic E-state index is 11.2. The molecule has 0 aliphatic heterocycles. The van der Waals surface area contributed by atoms with E-state index < -0.39 is 0 Å². The van der Waals surface area contributed by atoms with Crippen molar-refractivity contribution in [2.75, 3.05) is 0 Å². The predicted molar refractivity (Wildman–Crippen MR) is 67.2 cm³/mol. The lowest BCUT2D eigenvalue weighted by atomic mass is 9.92. The number of rotatable bonds is 3. The first-order valence-corrected chi connectivity index (χ1v) is 5.51. The summed E-state index contributed by atoms with van der Waals surface area (Å²) in [6.45, 7) is 2.01. The van der Waals surface area contributed by atoms with Gasteiger partial charge < -0.3 is 9.90 Å². The zero-order valence-corrected chi connectivity index (χ0v) is 9.63. The Hall–Kier alpha value is -2.09. The topological polar surface area (TPSA) is 37.3 Å². The molecule has 0 radical (unpaired) electrons. The Labute approximate surface area is 101 Å². The van der Waals surface area contributed by atoms with Gasteiger partial charge in [-0.1, -0.05) is 42.0 Å². The average molecular weight is 226 g/mol. The van der Waals surface area contributed by atoms with Crippen molar-refractivity contribution in [2.24, 2.45) is 0 Å². The molecular weight excluding hydrogens is 212 g/mol. The first kappa shape index (κ1) is 11.4. The van der Waals surface area contributed by atoms with Crippen LogP contribution in [-0.2, 0) is 4.79 Å². The van der Waals surface area contributed by atoms with Gasteiger partial charge in [-0.15, -0.1) is 0 Å². The van der Waals surface area contributed by atoms with Crippen LogP contribution in [0.15, 0.2) is 48.5 Å². The van der Waals surface area contributed by atoms with E-state index in [1.807, 2.05) is 31.2 Å². The average Bonchev–Trinajstić information content (AvgIpc) is 2.35. The van der Waals surface area contributed by atoms with Gasteiger partial charge in [0, 0.05) is 0 Å². The second-order valence-corrected chi connectivity index (χ2v) is 4.12. The lowest BCUT2D eigenvalue weighted by molar-refractivity contribution is -0.108. The van der Waals surface area contributed by atoms with Gasteiger partial charge in [-0.3, -0.25) is 0 Å². The number of carbonyl (C=O) groups excluding carboxylic acids is 1. The van der Waals surface area contributed by atoms with Crippen molar-refractivity contribution in [3.8, 4) is 5.75 Å². The van der Waals surface area contributed by atoms with Gasteiger partial charge in [-0.05, 0) is 30.2 Å². The lowest BCUT2D eigenvalue weighted by Gasteiger charge is -2.11. The molecule has 2 rings (SSSR count). The number of benzene rings is 2. The monoisotopic (exact) mass is 226 g/mol. The summed E-state index contributed by atoms with van der Waals surface area (Å²) >= 11 is 0. The molecule has 0 aromatic heterocycles. The minimum Gasteiger partial charge on any atom is -0.508 e.